The number of aromatic amines is 1. The molecule has 0 radical (unpaired) electrons. The monoisotopic (exact) mass is 361 g/mol. The van der Waals surface area contributed by atoms with Crippen LogP contribution in [-0.2, 0) is 11.3 Å². The molecular formula is C21H19N3O3. The minimum Gasteiger partial charge on any atom is -0.455 e. The Balaban J connectivity index is 1.58. The maximum absolute atomic E-state index is 12.4. The Kier molecular flexibility index (Phi) is 4.03. The highest BCUT2D eigenvalue weighted by molar-refractivity contribution is 5.96. The van der Waals surface area contributed by atoms with Crippen LogP contribution >= 0.6 is 0 Å². The zero-order valence-corrected chi connectivity index (χ0v) is 15.4. The number of carbonyl (C=O) groups is 1. The number of rotatable bonds is 3. The second-order valence-corrected chi connectivity index (χ2v) is 6.82. The normalized spacial score (nSPS) is 11.2. The number of esters is 1. The summed E-state index contributed by atoms with van der Waals surface area (Å²) in [5, 5.41) is 0.991. The quantitative estimate of drug-likeness (QED) is 0.567. The van der Waals surface area contributed by atoms with Crippen LogP contribution in [0.1, 0.15) is 32.9 Å². The molecule has 0 spiro atoms. The molecule has 1 aromatic carbocycles. The summed E-state index contributed by atoms with van der Waals surface area (Å²) in [6.45, 7) is 5.88. The Bertz CT molecular complexity index is 1250. The summed E-state index contributed by atoms with van der Waals surface area (Å²) >= 11 is 0. The first-order chi connectivity index (χ1) is 12.9. The van der Waals surface area contributed by atoms with Crippen molar-refractivity contribution in [1.82, 2.24) is 14.4 Å². The number of aryl methyl sites for hydroxylation is 3. The van der Waals surface area contributed by atoms with E-state index in [1.807, 2.05) is 39.0 Å². The predicted molar refractivity (Wildman–Crippen MR) is 103 cm³/mol. The number of nitrogens with one attached hydrogen (secondary N) is 1. The third-order valence-electron chi connectivity index (χ3n) is 4.54. The molecule has 3 aromatic heterocycles. The number of ether oxygens (including phenoxy) is 1. The topological polar surface area (TPSA) is 76.5 Å². The molecule has 4 aromatic rings. The highest BCUT2D eigenvalue weighted by atomic mass is 16.5. The Morgan fingerprint density at radius 1 is 1.11 bits per heavy atom. The van der Waals surface area contributed by atoms with Crippen molar-refractivity contribution in [2.45, 2.75) is 27.4 Å². The second kappa shape index (κ2) is 6.39. The molecule has 0 aliphatic heterocycles. The van der Waals surface area contributed by atoms with Crippen LogP contribution in [0.15, 0.2) is 47.4 Å². The first-order valence-corrected chi connectivity index (χ1v) is 8.67. The molecule has 1 N–H and O–H groups in total. The Hall–Kier alpha value is -3.41. The summed E-state index contributed by atoms with van der Waals surface area (Å²) in [5.41, 5.74) is 5.25. The van der Waals surface area contributed by atoms with Crippen molar-refractivity contribution in [2.75, 3.05) is 0 Å². The van der Waals surface area contributed by atoms with Gasteiger partial charge < -0.3 is 9.72 Å². The van der Waals surface area contributed by atoms with Crippen LogP contribution in [0.4, 0.5) is 0 Å². The maximum atomic E-state index is 12.4. The molecule has 0 amide bonds. The van der Waals surface area contributed by atoms with Crippen LogP contribution in [0.2, 0.25) is 0 Å². The molecule has 27 heavy (non-hydrogen) atoms. The predicted octanol–water partition coefficient (Wildman–Crippen LogP) is 3.46. The van der Waals surface area contributed by atoms with Gasteiger partial charge in [-0.2, -0.15) is 0 Å². The Labute approximate surface area is 155 Å². The summed E-state index contributed by atoms with van der Waals surface area (Å²) in [4.78, 5) is 32.1. The van der Waals surface area contributed by atoms with Crippen molar-refractivity contribution < 1.29 is 9.53 Å². The number of fused-ring (bicyclic) bond motifs is 2. The lowest BCUT2D eigenvalue weighted by Gasteiger charge is -2.06. The van der Waals surface area contributed by atoms with Gasteiger partial charge in [0.1, 0.15) is 17.9 Å². The van der Waals surface area contributed by atoms with Gasteiger partial charge in [0.2, 0.25) is 0 Å². The zero-order valence-electron chi connectivity index (χ0n) is 15.4. The minimum atomic E-state index is -0.477. The number of hydrogen-bond donors (Lipinski definition) is 1. The molecule has 3 heterocycles. The van der Waals surface area contributed by atoms with Crippen LogP contribution in [0.3, 0.4) is 0 Å². The maximum Gasteiger partial charge on any atom is 0.355 e. The SMILES string of the molecule is Cc1cc(C)c2cc(C(=O)OCc3cc(=O)n4ccc(C)cc4n3)[nH]c2c1. The van der Waals surface area contributed by atoms with E-state index in [0.717, 1.165) is 27.6 Å². The molecule has 0 saturated heterocycles. The Morgan fingerprint density at radius 2 is 1.93 bits per heavy atom. The van der Waals surface area contributed by atoms with Gasteiger partial charge in [0.05, 0.1) is 5.69 Å². The van der Waals surface area contributed by atoms with Crippen molar-refractivity contribution in [1.29, 1.82) is 0 Å². The van der Waals surface area contributed by atoms with Crippen molar-refractivity contribution in [3.8, 4) is 0 Å². The average Bonchev–Trinajstić information content (AvgIpc) is 3.03. The summed E-state index contributed by atoms with van der Waals surface area (Å²) < 4.78 is 6.83. The van der Waals surface area contributed by atoms with Gasteiger partial charge >= 0.3 is 5.97 Å². The number of pyridine rings is 1. The number of aromatic nitrogens is 3. The molecule has 0 atom stereocenters. The summed E-state index contributed by atoms with van der Waals surface area (Å²) in [5.74, 6) is -0.477. The molecule has 0 unspecified atom stereocenters. The molecule has 0 aliphatic rings. The van der Waals surface area contributed by atoms with Crippen LogP contribution < -0.4 is 5.56 Å². The van der Waals surface area contributed by atoms with E-state index in [1.54, 1.807) is 12.3 Å². The van der Waals surface area contributed by atoms with Crippen molar-refractivity contribution >= 4 is 22.5 Å². The molecule has 0 saturated carbocycles. The lowest BCUT2D eigenvalue weighted by atomic mass is 10.1. The molecule has 0 fully saturated rings. The third-order valence-corrected chi connectivity index (χ3v) is 4.54. The van der Waals surface area contributed by atoms with Gasteiger partial charge in [-0.05, 0) is 61.7 Å². The van der Waals surface area contributed by atoms with E-state index < -0.39 is 5.97 Å². The van der Waals surface area contributed by atoms with Gasteiger partial charge in [-0.25, -0.2) is 9.78 Å². The van der Waals surface area contributed by atoms with E-state index in [9.17, 15) is 9.59 Å². The van der Waals surface area contributed by atoms with E-state index >= 15 is 0 Å². The fourth-order valence-electron chi connectivity index (χ4n) is 3.25. The van der Waals surface area contributed by atoms with Crippen molar-refractivity contribution in [3.05, 3.63) is 81.0 Å². The van der Waals surface area contributed by atoms with Crippen molar-refractivity contribution in [3.63, 3.8) is 0 Å². The van der Waals surface area contributed by atoms with Crippen LogP contribution in [0.5, 0.6) is 0 Å². The zero-order chi connectivity index (χ0) is 19.1. The first-order valence-electron chi connectivity index (χ1n) is 8.67. The van der Waals surface area contributed by atoms with E-state index in [2.05, 4.69) is 16.0 Å². The van der Waals surface area contributed by atoms with Gasteiger partial charge in [0.15, 0.2) is 0 Å². The van der Waals surface area contributed by atoms with E-state index in [1.165, 1.54) is 10.5 Å². The van der Waals surface area contributed by atoms with E-state index in [4.69, 9.17) is 4.74 Å². The van der Waals surface area contributed by atoms with Gasteiger partial charge in [0.25, 0.3) is 5.56 Å². The molecular weight excluding hydrogens is 342 g/mol. The number of benzene rings is 1. The number of hydrogen-bond acceptors (Lipinski definition) is 4. The van der Waals surface area contributed by atoms with Gasteiger partial charge in [-0.3, -0.25) is 9.20 Å². The van der Waals surface area contributed by atoms with Gasteiger partial charge in [0, 0.05) is 23.2 Å². The molecule has 6 nitrogen and oxygen atoms in total. The Morgan fingerprint density at radius 3 is 2.74 bits per heavy atom. The smallest absolute Gasteiger partial charge is 0.355 e. The second-order valence-electron chi connectivity index (χ2n) is 6.82. The fourth-order valence-corrected chi connectivity index (χ4v) is 3.25. The number of nitrogens with zero attached hydrogens (tertiary/aromatic N) is 2. The lowest BCUT2D eigenvalue weighted by Crippen LogP contribution is -2.16. The molecule has 136 valence electrons. The van der Waals surface area contributed by atoms with Crippen LogP contribution in [0, 0.1) is 20.8 Å². The van der Waals surface area contributed by atoms with Gasteiger partial charge in [-0.15, -0.1) is 0 Å². The molecule has 0 bridgehead atoms. The standard InChI is InChI=1S/C21H19N3O3/c1-12-4-5-24-19(8-12)22-15(9-20(24)25)11-27-21(26)18-10-16-14(3)6-13(2)7-17(16)23-18/h4-10,23H,11H2,1-3H3. The highest BCUT2D eigenvalue weighted by Crippen LogP contribution is 2.22. The van der Waals surface area contributed by atoms with E-state index in [0.29, 0.717) is 17.0 Å². The van der Waals surface area contributed by atoms with Crippen LogP contribution in [-0.4, -0.2) is 20.3 Å². The lowest BCUT2D eigenvalue weighted by molar-refractivity contribution is 0.0462. The average molecular weight is 361 g/mol. The molecule has 0 aliphatic carbocycles. The highest BCUT2D eigenvalue weighted by Gasteiger charge is 2.13. The minimum absolute atomic E-state index is 0.0636. The van der Waals surface area contributed by atoms with E-state index in [-0.39, 0.29) is 12.2 Å². The summed E-state index contributed by atoms with van der Waals surface area (Å²) in [6.07, 6.45) is 1.69. The third kappa shape index (κ3) is 3.21. The summed E-state index contributed by atoms with van der Waals surface area (Å²) in [7, 11) is 0. The number of carbonyl (C=O) groups excluding carboxylic acids is 1. The number of H-pyrrole nitrogens is 1. The molecule has 6 heteroatoms. The summed E-state index contributed by atoms with van der Waals surface area (Å²) in [6, 6.07) is 10.9. The van der Waals surface area contributed by atoms with Crippen molar-refractivity contribution in [2.24, 2.45) is 0 Å². The molecule has 4 rings (SSSR count). The fraction of sp³-hybridized carbons (Fsp3) is 0.190. The van der Waals surface area contributed by atoms with Gasteiger partial charge in [-0.1, -0.05) is 6.07 Å². The van der Waals surface area contributed by atoms with Crippen LogP contribution in [0.25, 0.3) is 16.6 Å². The largest absolute Gasteiger partial charge is 0.455 e. The first kappa shape index (κ1) is 17.0.